The number of hydrogen-bond donors (Lipinski definition) is 1. The van der Waals surface area contributed by atoms with Gasteiger partial charge < -0.3 is 5.32 Å². The summed E-state index contributed by atoms with van der Waals surface area (Å²) in [6, 6.07) is 1.62. The van der Waals surface area contributed by atoms with E-state index in [1.165, 1.54) is 0 Å². The van der Waals surface area contributed by atoms with E-state index in [0.717, 1.165) is 19.3 Å². The number of rotatable bonds is 2. The average Bonchev–Trinajstić information content (AvgIpc) is 1.83. The van der Waals surface area contributed by atoms with E-state index in [0.29, 0.717) is 0 Å². The maximum Gasteiger partial charge on any atom is 0.224 e. The fraction of sp³-hybridized carbons (Fsp3) is 0.750. The zero-order valence-corrected chi connectivity index (χ0v) is 6.63. The molecule has 0 heterocycles. The maximum atomic E-state index is 11.1. The zero-order chi connectivity index (χ0) is 8.27. The first-order valence-corrected chi connectivity index (χ1v) is 3.94. The molecular weight excluding hydrogens is 140 g/mol. The summed E-state index contributed by atoms with van der Waals surface area (Å²) in [5, 5.41) is 11.0. The molecule has 1 aliphatic carbocycles. The molecule has 0 bridgehead atoms. The summed E-state index contributed by atoms with van der Waals surface area (Å²) in [6.45, 7) is 1.69. The van der Waals surface area contributed by atoms with Gasteiger partial charge in [0.15, 0.2) is 0 Å². The van der Waals surface area contributed by atoms with Gasteiger partial charge in [-0.2, -0.15) is 5.26 Å². The van der Waals surface area contributed by atoms with Crippen LogP contribution >= 0.6 is 0 Å². The minimum Gasteiger partial charge on any atom is -0.340 e. The van der Waals surface area contributed by atoms with Gasteiger partial charge in [-0.1, -0.05) is 6.42 Å². The van der Waals surface area contributed by atoms with Gasteiger partial charge in [0.25, 0.3) is 0 Å². The van der Waals surface area contributed by atoms with Gasteiger partial charge in [-0.3, -0.25) is 4.79 Å². The Balaban J connectivity index is 2.26. The number of hydrogen-bond acceptors (Lipinski definition) is 2. The van der Waals surface area contributed by atoms with Crippen molar-refractivity contribution in [1.29, 1.82) is 5.26 Å². The molecule has 1 amide bonds. The van der Waals surface area contributed by atoms with Gasteiger partial charge >= 0.3 is 0 Å². The summed E-state index contributed by atoms with van der Waals surface area (Å²) in [7, 11) is 0. The van der Waals surface area contributed by atoms with Crippen molar-refractivity contribution in [3.05, 3.63) is 0 Å². The molecule has 0 saturated heterocycles. The van der Waals surface area contributed by atoms with E-state index in [1.54, 1.807) is 6.92 Å². The summed E-state index contributed by atoms with van der Waals surface area (Å²) >= 11 is 0. The Morgan fingerprint density at radius 1 is 1.73 bits per heavy atom. The highest BCUT2D eigenvalue weighted by atomic mass is 16.1. The summed E-state index contributed by atoms with van der Waals surface area (Å²) in [5.74, 6) is 0.233. The van der Waals surface area contributed by atoms with Crippen molar-refractivity contribution < 1.29 is 4.79 Å². The third kappa shape index (κ3) is 1.94. The van der Waals surface area contributed by atoms with Crippen molar-refractivity contribution in [2.24, 2.45) is 5.92 Å². The lowest BCUT2D eigenvalue weighted by atomic mass is 9.85. The molecule has 0 aromatic carbocycles. The van der Waals surface area contributed by atoms with Crippen LogP contribution in [-0.4, -0.2) is 11.9 Å². The summed E-state index contributed by atoms with van der Waals surface area (Å²) in [6.07, 6.45) is 3.13. The molecule has 0 aliphatic heterocycles. The van der Waals surface area contributed by atoms with Crippen LogP contribution in [0.1, 0.15) is 26.2 Å². The van der Waals surface area contributed by atoms with Gasteiger partial charge in [-0.05, 0) is 19.8 Å². The lowest BCUT2D eigenvalue weighted by molar-refractivity contribution is -0.127. The third-order valence-corrected chi connectivity index (χ3v) is 2.03. The van der Waals surface area contributed by atoms with E-state index in [9.17, 15) is 4.79 Å². The fourth-order valence-electron chi connectivity index (χ4n) is 1.03. The minimum atomic E-state index is -0.344. The highest BCUT2D eigenvalue weighted by Crippen LogP contribution is 2.26. The standard InChI is InChI=1S/C8H12N2O/c1-6(5-9)10-8(11)7-3-2-4-7/h6-7H,2-4H2,1H3,(H,10,11)/t6-/m1/s1. The van der Waals surface area contributed by atoms with Crippen molar-refractivity contribution in [1.82, 2.24) is 5.32 Å². The Bertz CT molecular complexity index is 191. The Morgan fingerprint density at radius 3 is 2.73 bits per heavy atom. The molecule has 1 N–H and O–H groups in total. The van der Waals surface area contributed by atoms with Gasteiger partial charge in [0.05, 0.1) is 6.07 Å². The second-order valence-corrected chi connectivity index (χ2v) is 2.99. The predicted octanol–water partition coefficient (Wildman–Crippen LogP) is 0.815. The largest absolute Gasteiger partial charge is 0.340 e. The number of amides is 1. The average molecular weight is 152 g/mol. The van der Waals surface area contributed by atoms with Crippen LogP contribution in [0.4, 0.5) is 0 Å². The molecule has 0 spiro atoms. The van der Waals surface area contributed by atoms with Crippen molar-refractivity contribution in [2.45, 2.75) is 32.2 Å². The van der Waals surface area contributed by atoms with E-state index in [2.05, 4.69) is 5.32 Å². The molecule has 1 aliphatic rings. The smallest absolute Gasteiger partial charge is 0.224 e. The van der Waals surface area contributed by atoms with Crippen molar-refractivity contribution in [3.8, 4) is 6.07 Å². The lowest BCUT2D eigenvalue weighted by Crippen LogP contribution is -2.38. The maximum absolute atomic E-state index is 11.1. The normalized spacial score (nSPS) is 19.6. The van der Waals surface area contributed by atoms with Crippen LogP contribution in [0.25, 0.3) is 0 Å². The van der Waals surface area contributed by atoms with E-state index < -0.39 is 0 Å². The molecule has 0 aromatic rings. The van der Waals surface area contributed by atoms with Crippen molar-refractivity contribution in [3.63, 3.8) is 0 Å². The Hall–Kier alpha value is -1.04. The molecule has 0 radical (unpaired) electrons. The van der Waals surface area contributed by atoms with Gasteiger partial charge in [-0.25, -0.2) is 0 Å². The van der Waals surface area contributed by atoms with Gasteiger partial charge in [0.2, 0.25) is 5.91 Å². The van der Waals surface area contributed by atoms with Gasteiger partial charge in [0, 0.05) is 5.92 Å². The minimum absolute atomic E-state index is 0.0466. The second kappa shape index (κ2) is 3.38. The SMILES string of the molecule is C[C@H](C#N)NC(=O)C1CCC1. The Labute approximate surface area is 66.4 Å². The number of nitriles is 1. The zero-order valence-electron chi connectivity index (χ0n) is 6.63. The number of carbonyl (C=O) groups excluding carboxylic acids is 1. The third-order valence-electron chi connectivity index (χ3n) is 2.03. The van der Waals surface area contributed by atoms with Crippen molar-refractivity contribution in [2.75, 3.05) is 0 Å². The first-order valence-electron chi connectivity index (χ1n) is 3.94. The Morgan fingerprint density at radius 2 is 2.36 bits per heavy atom. The fourth-order valence-corrected chi connectivity index (χ4v) is 1.03. The van der Waals surface area contributed by atoms with Crippen LogP contribution in [0.5, 0.6) is 0 Å². The lowest BCUT2D eigenvalue weighted by Gasteiger charge is -2.24. The molecule has 1 saturated carbocycles. The van der Waals surface area contributed by atoms with Crippen LogP contribution in [-0.2, 0) is 4.79 Å². The molecule has 3 nitrogen and oxygen atoms in total. The number of nitrogens with one attached hydrogen (secondary N) is 1. The van der Waals surface area contributed by atoms with Crippen LogP contribution < -0.4 is 5.32 Å². The highest BCUT2D eigenvalue weighted by molar-refractivity contribution is 5.79. The molecule has 0 aromatic heterocycles. The van der Waals surface area contributed by atoms with Crippen LogP contribution in [0.3, 0.4) is 0 Å². The van der Waals surface area contributed by atoms with E-state index >= 15 is 0 Å². The number of carbonyl (C=O) groups is 1. The van der Waals surface area contributed by atoms with Crippen LogP contribution in [0, 0.1) is 17.2 Å². The van der Waals surface area contributed by atoms with Gasteiger partial charge in [0.1, 0.15) is 6.04 Å². The molecule has 1 atom stereocenters. The topological polar surface area (TPSA) is 52.9 Å². The van der Waals surface area contributed by atoms with Crippen molar-refractivity contribution >= 4 is 5.91 Å². The van der Waals surface area contributed by atoms with Crippen LogP contribution in [0.2, 0.25) is 0 Å². The first-order chi connectivity index (χ1) is 5.24. The molecule has 60 valence electrons. The molecule has 11 heavy (non-hydrogen) atoms. The van der Waals surface area contributed by atoms with E-state index in [-0.39, 0.29) is 17.9 Å². The summed E-state index contributed by atoms with van der Waals surface area (Å²) < 4.78 is 0. The summed E-state index contributed by atoms with van der Waals surface area (Å²) in [4.78, 5) is 11.1. The molecule has 3 heteroatoms. The number of nitrogens with zero attached hydrogens (tertiary/aromatic N) is 1. The molecule has 1 rings (SSSR count). The van der Waals surface area contributed by atoms with E-state index in [4.69, 9.17) is 5.26 Å². The quantitative estimate of drug-likeness (QED) is 0.636. The monoisotopic (exact) mass is 152 g/mol. The molecule has 1 fully saturated rings. The molecule has 0 unspecified atom stereocenters. The first kappa shape index (κ1) is 8.06. The van der Waals surface area contributed by atoms with Crippen LogP contribution in [0.15, 0.2) is 0 Å². The predicted molar refractivity (Wildman–Crippen MR) is 40.6 cm³/mol. The molecular formula is C8H12N2O. The summed E-state index contributed by atoms with van der Waals surface area (Å²) in [5.41, 5.74) is 0. The Kier molecular flexibility index (Phi) is 2.48. The van der Waals surface area contributed by atoms with E-state index in [1.807, 2.05) is 6.07 Å². The highest BCUT2D eigenvalue weighted by Gasteiger charge is 2.25. The second-order valence-electron chi connectivity index (χ2n) is 2.99. The van der Waals surface area contributed by atoms with Gasteiger partial charge in [-0.15, -0.1) is 0 Å².